The van der Waals surface area contributed by atoms with Crippen molar-refractivity contribution in [3.8, 4) is 0 Å². The largest absolute Gasteiger partial charge is 0.488 e. The van der Waals surface area contributed by atoms with Crippen LogP contribution in [0.15, 0.2) is 48.8 Å². The molecule has 5 N–H and O–H groups in total. The average Bonchev–Trinajstić information content (AvgIpc) is 2.49. The Morgan fingerprint density at radius 2 is 1.20 bits per heavy atom. The molecule has 0 aliphatic rings. The number of aliphatic hydroxyl groups excluding tert-OH is 1. The summed E-state index contributed by atoms with van der Waals surface area (Å²) in [6.07, 6.45) is 3.02. The summed E-state index contributed by atoms with van der Waals surface area (Å²) in [6, 6.07) is 9.52. The number of nitrogens with zero attached hydrogens (tertiary/aromatic N) is 1. The Balaban J connectivity index is 0.000000204. The monoisotopic (exact) mass is 275 g/mol. The lowest BCUT2D eigenvalue weighted by atomic mass is 9.80. The van der Waals surface area contributed by atoms with E-state index in [0.29, 0.717) is 10.9 Å². The summed E-state index contributed by atoms with van der Waals surface area (Å²) in [5.41, 5.74) is 1.65. The normalized spacial score (nSPS) is 9.45. The van der Waals surface area contributed by atoms with Gasteiger partial charge in [0.15, 0.2) is 0 Å². The van der Waals surface area contributed by atoms with Gasteiger partial charge >= 0.3 is 14.2 Å². The molecule has 2 rings (SSSR count). The molecule has 1 aromatic carbocycles. The van der Waals surface area contributed by atoms with Crippen molar-refractivity contribution in [2.45, 2.75) is 6.61 Å². The van der Waals surface area contributed by atoms with Gasteiger partial charge in [0.25, 0.3) is 0 Å². The van der Waals surface area contributed by atoms with E-state index < -0.39 is 14.2 Å². The molecule has 0 radical (unpaired) electrons. The zero-order valence-corrected chi connectivity index (χ0v) is 10.7. The van der Waals surface area contributed by atoms with Crippen LogP contribution in [0.5, 0.6) is 0 Å². The fourth-order valence-corrected chi connectivity index (χ4v) is 1.33. The van der Waals surface area contributed by atoms with E-state index in [1.807, 2.05) is 0 Å². The molecule has 0 bridgehead atoms. The summed E-state index contributed by atoms with van der Waals surface area (Å²) in [4.78, 5) is 3.71. The summed E-state index contributed by atoms with van der Waals surface area (Å²) in [5.74, 6) is 0. The third-order valence-corrected chi connectivity index (χ3v) is 2.46. The van der Waals surface area contributed by atoms with Crippen molar-refractivity contribution in [1.29, 1.82) is 0 Å². The Morgan fingerprint density at radius 1 is 0.750 bits per heavy atom. The zero-order chi connectivity index (χ0) is 15.0. The molecule has 0 saturated heterocycles. The van der Waals surface area contributed by atoms with E-state index in [1.54, 1.807) is 36.4 Å². The maximum atomic E-state index is 8.68. The van der Waals surface area contributed by atoms with Crippen LogP contribution in [-0.2, 0) is 6.61 Å². The van der Waals surface area contributed by atoms with Crippen LogP contribution in [0.2, 0.25) is 0 Å². The number of rotatable bonds is 3. The first-order valence-electron chi connectivity index (χ1n) is 5.86. The van der Waals surface area contributed by atoms with Crippen molar-refractivity contribution in [2.75, 3.05) is 0 Å². The maximum absolute atomic E-state index is 8.68. The minimum atomic E-state index is -1.43. The van der Waals surface area contributed by atoms with E-state index in [-0.39, 0.29) is 6.61 Å². The van der Waals surface area contributed by atoms with Crippen LogP contribution in [0.4, 0.5) is 0 Å². The van der Waals surface area contributed by atoms with Crippen molar-refractivity contribution >= 4 is 25.2 Å². The first-order chi connectivity index (χ1) is 9.54. The van der Waals surface area contributed by atoms with E-state index in [2.05, 4.69) is 4.98 Å². The highest BCUT2D eigenvalue weighted by Gasteiger charge is 2.09. The molecule has 0 saturated carbocycles. The highest BCUT2D eigenvalue weighted by Crippen LogP contribution is 1.95. The molecule has 0 fully saturated rings. The zero-order valence-electron chi connectivity index (χ0n) is 10.7. The highest BCUT2D eigenvalue weighted by atomic mass is 16.4. The molecular formula is C12H15B2NO5. The van der Waals surface area contributed by atoms with Crippen molar-refractivity contribution in [2.24, 2.45) is 0 Å². The van der Waals surface area contributed by atoms with E-state index in [9.17, 15) is 0 Å². The summed E-state index contributed by atoms with van der Waals surface area (Å²) >= 11 is 0. The number of hydrogen-bond donors (Lipinski definition) is 5. The van der Waals surface area contributed by atoms with Gasteiger partial charge in [0.2, 0.25) is 0 Å². The number of aromatic nitrogens is 1. The van der Waals surface area contributed by atoms with Crippen LogP contribution in [-0.4, -0.2) is 44.4 Å². The fourth-order valence-electron chi connectivity index (χ4n) is 1.33. The van der Waals surface area contributed by atoms with Crippen molar-refractivity contribution in [3.05, 3.63) is 54.4 Å². The van der Waals surface area contributed by atoms with E-state index in [0.717, 1.165) is 5.56 Å². The van der Waals surface area contributed by atoms with Gasteiger partial charge < -0.3 is 25.2 Å². The SMILES string of the molecule is OB(O)c1ccncc1.OCc1ccc(B(O)O)cc1. The topological polar surface area (TPSA) is 114 Å². The first-order valence-corrected chi connectivity index (χ1v) is 5.86. The van der Waals surface area contributed by atoms with Gasteiger partial charge in [0.1, 0.15) is 0 Å². The number of benzene rings is 1. The second-order valence-corrected chi connectivity index (χ2v) is 3.93. The molecule has 0 aliphatic heterocycles. The third kappa shape index (κ3) is 5.52. The van der Waals surface area contributed by atoms with Crippen LogP contribution in [0.1, 0.15) is 5.56 Å². The Hall–Kier alpha value is -1.70. The molecule has 0 spiro atoms. The molecule has 0 aliphatic carbocycles. The van der Waals surface area contributed by atoms with Gasteiger partial charge in [-0.05, 0) is 28.6 Å². The summed E-state index contributed by atoms with van der Waals surface area (Å²) in [6.45, 7) is -0.0260. The molecular weight excluding hydrogens is 260 g/mol. The highest BCUT2D eigenvalue weighted by molar-refractivity contribution is 6.58. The Kier molecular flexibility index (Phi) is 6.92. The molecule has 2 aromatic rings. The van der Waals surface area contributed by atoms with Crippen molar-refractivity contribution < 1.29 is 25.2 Å². The molecule has 20 heavy (non-hydrogen) atoms. The van der Waals surface area contributed by atoms with E-state index in [1.165, 1.54) is 12.4 Å². The number of hydrogen-bond acceptors (Lipinski definition) is 6. The van der Waals surface area contributed by atoms with Gasteiger partial charge in [-0.3, -0.25) is 4.98 Å². The molecule has 1 heterocycles. The van der Waals surface area contributed by atoms with Crippen LogP contribution in [0.3, 0.4) is 0 Å². The average molecular weight is 275 g/mol. The second-order valence-electron chi connectivity index (χ2n) is 3.93. The van der Waals surface area contributed by atoms with Gasteiger partial charge in [-0.2, -0.15) is 0 Å². The smallest absolute Gasteiger partial charge is 0.423 e. The Labute approximate surface area is 117 Å². The standard InChI is InChI=1S/C7H9BO3.C5H6BNO2/c9-5-6-1-3-7(4-2-6)8(10)11;8-6(9)5-1-3-7-4-2-5/h1-4,9-11H,5H2;1-4,8-9H. The third-order valence-electron chi connectivity index (χ3n) is 2.46. The molecule has 1 aromatic heterocycles. The fraction of sp³-hybridized carbons (Fsp3) is 0.0833. The van der Waals surface area contributed by atoms with E-state index >= 15 is 0 Å². The van der Waals surface area contributed by atoms with Gasteiger partial charge in [0.05, 0.1) is 6.61 Å². The number of pyridine rings is 1. The van der Waals surface area contributed by atoms with Gasteiger partial charge in [0, 0.05) is 12.4 Å². The van der Waals surface area contributed by atoms with Gasteiger partial charge in [-0.25, -0.2) is 0 Å². The minimum absolute atomic E-state index is 0.0260. The van der Waals surface area contributed by atoms with Gasteiger partial charge in [-0.1, -0.05) is 24.3 Å². The maximum Gasteiger partial charge on any atom is 0.488 e. The van der Waals surface area contributed by atoms with Crippen molar-refractivity contribution in [3.63, 3.8) is 0 Å². The molecule has 0 unspecified atom stereocenters. The molecule has 104 valence electrons. The Bertz CT molecular complexity index is 493. The van der Waals surface area contributed by atoms with Crippen LogP contribution < -0.4 is 10.9 Å². The predicted octanol–water partition coefficient (Wildman–Crippen LogP) is -2.38. The summed E-state index contributed by atoms with van der Waals surface area (Å²) in [5, 5.41) is 43.1. The second kappa shape index (κ2) is 8.47. The molecule has 8 heteroatoms. The first kappa shape index (κ1) is 16.4. The summed E-state index contributed by atoms with van der Waals surface area (Å²) < 4.78 is 0. The Morgan fingerprint density at radius 3 is 1.55 bits per heavy atom. The predicted molar refractivity (Wildman–Crippen MR) is 76.3 cm³/mol. The summed E-state index contributed by atoms with van der Waals surface area (Å²) in [7, 11) is -2.81. The van der Waals surface area contributed by atoms with Crippen LogP contribution in [0.25, 0.3) is 0 Å². The minimum Gasteiger partial charge on any atom is -0.423 e. The molecule has 0 amide bonds. The van der Waals surface area contributed by atoms with Crippen molar-refractivity contribution in [1.82, 2.24) is 4.98 Å². The quantitative estimate of drug-likeness (QED) is 0.400. The van der Waals surface area contributed by atoms with Crippen LogP contribution >= 0.6 is 0 Å². The number of aliphatic hydroxyl groups is 1. The molecule has 6 nitrogen and oxygen atoms in total. The lowest BCUT2D eigenvalue weighted by molar-refractivity contribution is 0.282. The van der Waals surface area contributed by atoms with E-state index in [4.69, 9.17) is 25.2 Å². The van der Waals surface area contributed by atoms with Gasteiger partial charge in [-0.15, -0.1) is 0 Å². The van der Waals surface area contributed by atoms with Crippen LogP contribution in [0, 0.1) is 0 Å². The lowest BCUT2D eigenvalue weighted by Gasteiger charge is -1.99. The molecule has 0 atom stereocenters. The lowest BCUT2D eigenvalue weighted by Crippen LogP contribution is -2.29.